The van der Waals surface area contributed by atoms with Crippen LogP contribution >= 0.6 is 22.6 Å². The molecule has 0 atom stereocenters. The molecule has 0 spiro atoms. The summed E-state index contributed by atoms with van der Waals surface area (Å²) in [4.78, 5) is 24.5. The molecule has 0 bridgehead atoms. The minimum Gasteiger partial charge on any atom is -0.344 e. The topological polar surface area (TPSA) is 55.2 Å². The fraction of sp³-hybridized carbons (Fsp3) is 0.444. The van der Waals surface area contributed by atoms with Crippen LogP contribution in [0.25, 0.3) is 0 Å². The second-order valence-corrected chi connectivity index (χ2v) is 4.32. The first-order chi connectivity index (χ1) is 7.04. The molecule has 82 valence electrons. The highest BCUT2D eigenvalue weighted by Crippen LogP contribution is 1.96. The van der Waals surface area contributed by atoms with Crippen molar-refractivity contribution in [1.82, 2.24) is 14.7 Å². The molecule has 0 aliphatic carbocycles. The molecular weight excluding hydrogens is 309 g/mol. The normalized spacial score (nSPS) is 10.1. The Hall–Kier alpha value is -0.920. The molecule has 1 aromatic rings. The lowest BCUT2D eigenvalue weighted by atomic mass is 10.5. The summed E-state index contributed by atoms with van der Waals surface area (Å²) in [5.74, 6) is -0.117. The molecule has 0 unspecified atom stereocenters. The Balaban J connectivity index is 2.82. The number of likely N-dealkylation sites (N-methyl/N-ethyl adjacent to an activating group) is 1. The highest BCUT2D eigenvalue weighted by atomic mass is 127. The van der Waals surface area contributed by atoms with Crippen molar-refractivity contribution in [1.29, 1.82) is 0 Å². The number of rotatable bonds is 3. The first-order valence-electron chi connectivity index (χ1n) is 4.51. The van der Waals surface area contributed by atoms with Gasteiger partial charge in [0.1, 0.15) is 6.54 Å². The first kappa shape index (κ1) is 12.2. The number of amides is 1. The summed E-state index contributed by atoms with van der Waals surface area (Å²) >= 11 is 2.01. The van der Waals surface area contributed by atoms with Gasteiger partial charge in [0.05, 0.1) is 6.20 Å². The molecule has 0 aliphatic heterocycles. The van der Waals surface area contributed by atoms with Crippen LogP contribution in [0.4, 0.5) is 0 Å². The van der Waals surface area contributed by atoms with E-state index in [1.807, 2.05) is 29.5 Å². The predicted octanol–water partition coefficient (Wildman–Crippen LogP) is 0.326. The monoisotopic (exact) mass is 321 g/mol. The first-order valence-corrected chi connectivity index (χ1v) is 5.59. The van der Waals surface area contributed by atoms with Crippen LogP contribution in [0, 0.1) is 3.57 Å². The Kier molecular flexibility index (Phi) is 4.25. The Bertz CT molecular complexity index is 416. The molecule has 0 N–H and O–H groups in total. The fourth-order valence-corrected chi connectivity index (χ4v) is 1.35. The molecule has 0 fully saturated rings. The lowest BCUT2D eigenvalue weighted by Gasteiger charge is -2.14. The Labute approximate surface area is 101 Å². The van der Waals surface area contributed by atoms with Crippen molar-refractivity contribution in [2.75, 3.05) is 13.6 Å². The number of carbonyl (C=O) groups is 1. The molecule has 1 rings (SSSR count). The number of halogens is 1. The van der Waals surface area contributed by atoms with Gasteiger partial charge in [-0.2, -0.15) is 5.10 Å². The third kappa shape index (κ3) is 3.29. The van der Waals surface area contributed by atoms with Gasteiger partial charge in [-0.05, 0) is 29.5 Å². The van der Waals surface area contributed by atoms with E-state index in [1.165, 1.54) is 6.07 Å². The summed E-state index contributed by atoms with van der Waals surface area (Å²) in [6.07, 6.45) is 1.56. The number of hydrogen-bond acceptors (Lipinski definition) is 3. The average molecular weight is 321 g/mol. The quantitative estimate of drug-likeness (QED) is 0.754. The van der Waals surface area contributed by atoms with Crippen molar-refractivity contribution in [2.24, 2.45) is 0 Å². The minimum absolute atomic E-state index is 0.0000926. The molecule has 0 saturated heterocycles. The van der Waals surface area contributed by atoms with Crippen molar-refractivity contribution in [3.63, 3.8) is 0 Å². The average Bonchev–Trinajstić information content (AvgIpc) is 2.20. The molecule has 0 radical (unpaired) electrons. The van der Waals surface area contributed by atoms with Crippen LogP contribution in [-0.2, 0) is 11.3 Å². The second-order valence-electron chi connectivity index (χ2n) is 3.08. The van der Waals surface area contributed by atoms with Crippen LogP contribution in [0.3, 0.4) is 0 Å². The van der Waals surface area contributed by atoms with E-state index >= 15 is 0 Å². The Morgan fingerprint density at radius 2 is 2.33 bits per heavy atom. The van der Waals surface area contributed by atoms with Gasteiger partial charge in [0.15, 0.2) is 0 Å². The molecule has 0 aromatic carbocycles. The lowest BCUT2D eigenvalue weighted by molar-refractivity contribution is -0.130. The summed E-state index contributed by atoms with van der Waals surface area (Å²) in [5, 5.41) is 3.88. The zero-order chi connectivity index (χ0) is 11.4. The molecular formula is C9H12IN3O2. The zero-order valence-electron chi connectivity index (χ0n) is 8.61. The van der Waals surface area contributed by atoms with Gasteiger partial charge in [0.25, 0.3) is 5.56 Å². The Morgan fingerprint density at radius 3 is 2.87 bits per heavy atom. The van der Waals surface area contributed by atoms with E-state index in [0.717, 1.165) is 8.25 Å². The number of aromatic nitrogens is 2. The van der Waals surface area contributed by atoms with Crippen molar-refractivity contribution in [3.8, 4) is 0 Å². The molecule has 5 nitrogen and oxygen atoms in total. The minimum atomic E-state index is -0.250. The van der Waals surface area contributed by atoms with Crippen LogP contribution in [-0.4, -0.2) is 34.2 Å². The second kappa shape index (κ2) is 5.24. The smallest absolute Gasteiger partial charge is 0.268 e. The van der Waals surface area contributed by atoms with Crippen LogP contribution in [0.5, 0.6) is 0 Å². The molecule has 6 heteroatoms. The van der Waals surface area contributed by atoms with Gasteiger partial charge in [-0.15, -0.1) is 0 Å². The highest BCUT2D eigenvalue weighted by molar-refractivity contribution is 14.1. The number of carbonyl (C=O) groups excluding carboxylic acids is 1. The predicted molar refractivity (Wildman–Crippen MR) is 64.5 cm³/mol. The number of hydrogen-bond donors (Lipinski definition) is 0. The van der Waals surface area contributed by atoms with Crippen molar-refractivity contribution in [2.45, 2.75) is 13.5 Å². The maximum Gasteiger partial charge on any atom is 0.268 e. The molecule has 0 aliphatic rings. The van der Waals surface area contributed by atoms with Gasteiger partial charge >= 0.3 is 0 Å². The van der Waals surface area contributed by atoms with Crippen LogP contribution in [0.1, 0.15) is 6.92 Å². The largest absolute Gasteiger partial charge is 0.344 e. The van der Waals surface area contributed by atoms with E-state index in [2.05, 4.69) is 5.10 Å². The van der Waals surface area contributed by atoms with E-state index in [9.17, 15) is 9.59 Å². The van der Waals surface area contributed by atoms with Gasteiger partial charge in [-0.25, -0.2) is 4.68 Å². The van der Waals surface area contributed by atoms with Gasteiger partial charge in [-0.1, -0.05) is 0 Å². The van der Waals surface area contributed by atoms with E-state index in [4.69, 9.17) is 0 Å². The summed E-state index contributed by atoms with van der Waals surface area (Å²) in [5.41, 5.74) is -0.250. The summed E-state index contributed by atoms with van der Waals surface area (Å²) in [6, 6.07) is 1.45. The number of nitrogens with zero attached hydrogens (tertiary/aromatic N) is 3. The standard InChI is InChI=1S/C9H12IN3O2/c1-3-12(2)9(15)6-13-8(14)4-7(10)5-11-13/h4-5H,3,6H2,1-2H3. The summed E-state index contributed by atoms with van der Waals surface area (Å²) in [7, 11) is 1.69. The molecule has 1 aromatic heterocycles. The molecule has 1 heterocycles. The maximum absolute atomic E-state index is 11.5. The van der Waals surface area contributed by atoms with Crippen LogP contribution in [0.2, 0.25) is 0 Å². The van der Waals surface area contributed by atoms with E-state index in [1.54, 1.807) is 18.1 Å². The fourth-order valence-electron chi connectivity index (χ4n) is 0.955. The van der Waals surface area contributed by atoms with Crippen molar-refractivity contribution in [3.05, 3.63) is 26.2 Å². The molecule has 1 amide bonds. The van der Waals surface area contributed by atoms with Gasteiger partial charge in [0, 0.05) is 23.2 Å². The third-order valence-corrected chi connectivity index (χ3v) is 2.61. The SMILES string of the molecule is CCN(C)C(=O)Cn1ncc(I)cc1=O. The highest BCUT2D eigenvalue weighted by Gasteiger charge is 2.09. The van der Waals surface area contributed by atoms with E-state index in [-0.39, 0.29) is 18.0 Å². The van der Waals surface area contributed by atoms with Gasteiger partial charge in [0.2, 0.25) is 5.91 Å². The summed E-state index contributed by atoms with van der Waals surface area (Å²) < 4.78 is 1.93. The lowest BCUT2D eigenvalue weighted by Crippen LogP contribution is -2.34. The zero-order valence-corrected chi connectivity index (χ0v) is 10.8. The maximum atomic E-state index is 11.5. The van der Waals surface area contributed by atoms with Crippen molar-refractivity contribution < 1.29 is 4.79 Å². The van der Waals surface area contributed by atoms with E-state index < -0.39 is 0 Å². The van der Waals surface area contributed by atoms with Crippen molar-refractivity contribution >= 4 is 28.5 Å². The summed E-state index contributed by atoms with van der Waals surface area (Å²) in [6.45, 7) is 2.50. The Morgan fingerprint density at radius 1 is 1.67 bits per heavy atom. The third-order valence-electron chi connectivity index (χ3n) is 2.02. The van der Waals surface area contributed by atoms with Gasteiger partial charge in [-0.3, -0.25) is 9.59 Å². The van der Waals surface area contributed by atoms with Crippen LogP contribution in [0.15, 0.2) is 17.1 Å². The van der Waals surface area contributed by atoms with Crippen LogP contribution < -0.4 is 5.56 Å². The van der Waals surface area contributed by atoms with Gasteiger partial charge < -0.3 is 4.90 Å². The molecule has 15 heavy (non-hydrogen) atoms. The molecule has 0 saturated carbocycles. The van der Waals surface area contributed by atoms with E-state index in [0.29, 0.717) is 6.54 Å².